The molecule has 8 nitrogen and oxygen atoms in total. The molecule has 0 amide bonds. The van der Waals surface area contributed by atoms with E-state index in [-0.39, 0.29) is 34.1 Å². The van der Waals surface area contributed by atoms with Crippen molar-refractivity contribution < 1.29 is 30.0 Å². The Balaban J connectivity index is 1.76. The summed E-state index contributed by atoms with van der Waals surface area (Å²) >= 11 is 0. The van der Waals surface area contributed by atoms with Gasteiger partial charge in [0, 0.05) is 62.8 Å². The first-order valence-electron chi connectivity index (χ1n) is 13.7. The van der Waals surface area contributed by atoms with E-state index >= 15 is 0 Å². The van der Waals surface area contributed by atoms with Gasteiger partial charge in [-0.1, -0.05) is 52.4 Å². The first-order chi connectivity index (χ1) is 18.1. The SMILES string of the molecule is CCCCCCN(C)c1cc(O)c(C2C(=O)C(c3c(O)cc(N(C)CCCCCC)cc3O)C2=O)c(O)c1. The van der Waals surface area contributed by atoms with E-state index in [2.05, 4.69) is 13.8 Å². The van der Waals surface area contributed by atoms with Crippen LogP contribution in [0.4, 0.5) is 11.4 Å². The summed E-state index contributed by atoms with van der Waals surface area (Å²) in [7, 11) is 3.71. The fourth-order valence-corrected chi connectivity index (χ4v) is 5.15. The van der Waals surface area contributed by atoms with E-state index in [1.54, 1.807) is 0 Å². The molecule has 208 valence electrons. The monoisotopic (exact) mass is 526 g/mol. The molecule has 0 unspecified atom stereocenters. The molecule has 3 rings (SSSR count). The molecule has 1 fully saturated rings. The van der Waals surface area contributed by atoms with Crippen LogP contribution in [0.2, 0.25) is 0 Å². The van der Waals surface area contributed by atoms with Crippen molar-refractivity contribution in [2.75, 3.05) is 37.0 Å². The number of hydrogen-bond donors (Lipinski definition) is 4. The predicted molar refractivity (Wildman–Crippen MR) is 150 cm³/mol. The third-order valence-corrected chi connectivity index (χ3v) is 7.53. The second kappa shape index (κ2) is 12.9. The summed E-state index contributed by atoms with van der Waals surface area (Å²) in [5, 5.41) is 42.7. The van der Waals surface area contributed by atoms with Crippen LogP contribution in [-0.4, -0.2) is 59.2 Å². The largest absolute Gasteiger partial charge is 0.507 e. The second-order valence-electron chi connectivity index (χ2n) is 10.4. The smallest absolute Gasteiger partial charge is 0.163 e. The number of benzene rings is 2. The number of rotatable bonds is 14. The van der Waals surface area contributed by atoms with Crippen molar-refractivity contribution in [3.63, 3.8) is 0 Å². The van der Waals surface area contributed by atoms with Gasteiger partial charge in [0.25, 0.3) is 0 Å². The van der Waals surface area contributed by atoms with Gasteiger partial charge in [0.1, 0.15) is 34.8 Å². The molecule has 2 aromatic carbocycles. The Hall–Kier alpha value is -3.42. The van der Waals surface area contributed by atoms with Crippen molar-refractivity contribution in [3.05, 3.63) is 35.4 Å². The number of hydrogen-bond acceptors (Lipinski definition) is 8. The van der Waals surface area contributed by atoms with Crippen LogP contribution in [0.5, 0.6) is 23.0 Å². The van der Waals surface area contributed by atoms with Crippen LogP contribution in [0.3, 0.4) is 0 Å². The van der Waals surface area contributed by atoms with E-state index < -0.39 is 23.4 Å². The Labute approximate surface area is 225 Å². The molecule has 4 N–H and O–H groups in total. The van der Waals surface area contributed by atoms with Gasteiger partial charge in [-0.05, 0) is 12.8 Å². The summed E-state index contributed by atoms with van der Waals surface area (Å²) in [5.74, 6) is -5.23. The van der Waals surface area contributed by atoms with Crippen LogP contribution in [-0.2, 0) is 9.59 Å². The molecule has 0 atom stereocenters. The lowest BCUT2D eigenvalue weighted by atomic mass is 9.65. The van der Waals surface area contributed by atoms with Gasteiger partial charge in [0.05, 0.1) is 11.1 Å². The Morgan fingerprint density at radius 2 is 0.895 bits per heavy atom. The summed E-state index contributed by atoms with van der Waals surface area (Å²) in [6.45, 7) is 5.76. The van der Waals surface area contributed by atoms with Crippen molar-refractivity contribution in [1.29, 1.82) is 0 Å². The number of aromatic hydroxyl groups is 4. The number of nitrogens with zero attached hydrogens (tertiary/aromatic N) is 2. The van der Waals surface area contributed by atoms with Crippen LogP contribution in [0.1, 0.15) is 88.2 Å². The van der Waals surface area contributed by atoms with Crippen LogP contribution in [0.25, 0.3) is 0 Å². The average Bonchev–Trinajstić information content (AvgIpc) is 2.88. The molecule has 38 heavy (non-hydrogen) atoms. The number of ketones is 2. The number of carbonyl (C=O) groups is 2. The summed E-state index contributed by atoms with van der Waals surface area (Å²) < 4.78 is 0. The fraction of sp³-hybridized carbons (Fsp3) is 0.533. The Kier molecular flexibility index (Phi) is 9.89. The highest BCUT2D eigenvalue weighted by molar-refractivity contribution is 6.32. The lowest BCUT2D eigenvalue weighted by Crippen LogP contribution is -2.44. The lowest BCUT2D eigenvalue weighted by molar-refractivity contribution is -0.142. The quantitative estimate of drug-likeness (QED) is 0.186. The maximum Gasteiger partial charge on any atom is 0.163 e. The van der Waals surface area contributed by atoms with Crippen molar-refractivity contribution in [3.8, 4) is 23.0 Å². The maximum atomic E-state index is 13.1. The molecule has 8 heteroatoms. The zero-order valence-corrected chi connectivity index (χ0v) is 23.0. The lowest BCUT2D eigenvalue weighted by Gasteiger charge is -2.34. The van der Waals surface area contributed by atoms with E-state index in [4.69, 9.17) is 0 Å². The van der Waals surface area contributed by atoms with Crippen LogP contribution in [0, 0.1) is 0 Å². The van der Waals surface area contributed by atoms with Gasteiger partial charge < -0.3 is 30.2 Å². The summed E-state index contributed by atoms with van der Waals surface area (Å²) in [5.41, 5.74) is 0.894. The highest BCUT2D eigenvalue weighted by atomic mass is 16.3. The molecule has 0 aliphatic heterocycles. The molecule has 0 saturated heterocycles. The number of anilines is 2. The van der Waals surface area contributed by atoms with Crippen LogP contribution < -0.4 is 9.80 Å². The van der Waals surface area contributed by atoms with Gasteiger partial charge in [-0.2, -0.15) is 0 Å². The minimum Gasteiger partial charge on any atom is -0.507 e. The van der Waals surface area contributed by atoms with Gasteiger partial charge in [0.15, 0.2) is 11.6 Å². The van der Waals surface area contributed by atoms with Gasteiger partial charge >= 0.3 is 0 Å². The number of carbonyl (C=O) groups excluding carboxylic acids is 2. The molecule has 0 radical (unpaired) electrons. The van der Waals surface area contributed by atoms with E-state index in [0.29, 0.717) is 11.4 Å². The minimum absolute atomic E-state index is 0.137. The summed E-state index contributed by atoms with van der Waals surface area (Å²) in [4.78, 5) is 30.1. The summed E-state index contributed by atoms with van der Waals surface area (Å²) in [6.07, 6.45) is 8.63. The van der Waals surface area contributed by atoms with E-state index in [1.807, 2.05) is 23.9 Å². The molecule has 0 spiro atoms. The molecule has 0 aromatic heterocycles. The third-order valence-electron chi connectivity index (χ3n) is 7.53. The predicted octanol–water partition coefficient (Wildman–Crippen LogP) is 5.56. The number of unbranched alkanes of at least 4 members (excludes halogenated alkanes) is 6. The maximum absolute atomic E-state index is 13.1. The second-order valence-corrected chi connectivity index (χ2v) is 10.4. The zero-order chi connectivity index (χ0) is 28.0. The topological polar surface area (TPSA) is 122 Å². The number of phenolic OH excluding ortho intramolecular Hbond substituents is 4. The number of phenols is 4. The minimum atomic E-state index is -1.36. The van der Waals surface area contributed by atoms with Crippen molar-refractivity contribution in [1.82, 2.24) is 0 Å². The van der Waals surface area contributed by atoms with Crippen LogP contribution >= 0.6 is 0 Å². The molecule has 0 heterocycles. The third kappa shape index (κ3) is 6.17. The summed E-state index contributed by atoms with van der Waals surface area (Å²) in [6, 6.07) is 5.79. The molecule has 1 aliphatic rings. The van der Waals surface area contributed by atoms with Crippen LogP contribution in [0.15, 0.2) is 24.3 Å². The Morgan fingerprint density at radius 1 is 0.579 bits per heavy atom. The van der Waals surface area contributed by atoms with E-state index in [9.17, 15) is 30.0 Å². The highest BCUT2D eigenvalue weighted by Gasteiger charge is 2.54. The number of Topliss-reactive ketones (excluding diaryl/α,β-unsaturated/α-hetero) is 2. The standard InChI is InChI=1S/C30H42N2O6/c1-5-7-9-11-13-31(3)19-15-21(33)25(22(34)16-19)27-29(37)28(30(27)38)26-23(35)17-20(18-24(26)36)32(4)14-12-10-8-6-2/h15-18,27-28,33-36H,5-14H2,1-4H3. The highest BCUT2D eigenvalue weighted by Crippen LogP contribution is 2.51. The van der Waals surface area contributed by atoms with Gasteiger partial charge in [0.2, 0.25) is 0 Å². The van der Waals surface area contributed by atoms with Gasteiger partial charge in [-0.15, -0.1) is 0 Å². The average molecular weight is 527 g/mol. The Morgan fingerprint density at radius 3 is 1.18 bits per heavy atom. The fourth-order valence-electron chi connectivity index (χ4n) is 5.15. The first-order valence-corrected chi connectivity index (χ1v) is 13.7. The molecule has 1 aliphatic carbocycles. The molecule has 0 bridgehead atoms. The van der Waals surface area contributed by atoms with E-state index in [0.717, 1.165) is 64.5 Å². The molecule has 2 aromatic rings. The molecular formula is C30H42N2O6. The van der Waals surface area contributed by atoms with Gasteiger partial charge in [-0.25, -0.2) is 0 Å². The van der Waals surface area contributed by atoms with Crippen molar-refractivity contribution in [2.45, 2.75) is 77.0 Å². The Bertz CT molecular complexity index is 1000. The van der Waals surface area contributed by atoms with Crippen molar-refractivity contribution >= 4 is 22.9 Å². The van der Waals surface area contributed by atoms with Gasteiger partial charge in [-0.3, -0.25) is 9.59 Å². The normalized spacial score (nSPS) is 16.9. The molecule has 1 saturated carbocycles. The first kappa shape index (κ1) is 29.1. The van der Waals surface area contributed by atoms with E-state index in [1.165, 1.54) is 24.3 Å². The van der Waals surface area contributed by atoms with Crippen molar-refractivity contribution in [2.24, 2.45) is 0 Å². The molecular weight excluding hydrogens is 484 g/mol. The zero-order valence-electron chi connectivity index (χ0n) is 23.0.